The highest BCUT2D eigenvalue weighted by atomic mass is 19.1. The summed E-state index contributed by atoms with van der Waals surface area (Å²) in [4.78, 5) is 33.6. The van der Waals surface area contributed by atoms with Gasteiger partial charge in [-0.3, -0.25) is 9.69 Å². The lowest BCUT2D eigenvalue weighted by Gasteiger charge is -2.35. The molecule has 13 nitrogen and oxygen atoms in total. The number of morpholine rings is 1. The summed E-state index contributed by atoms with van der Waals surface area (Å²) in [5.74, 6) is 1.39. The summed E-state index contributed by atoms with van der Waals surface area (Å²) < 4.78 is 20.9. The Kier molecular flexibility index (Phi) is 10.5. The van der Waals surface area contributed by atoms with Gasteiger partial charge in [0.15, 0.2) is 5.82 Å². The summed E-state index contributed by atoms with van der Waals surface area (Å²) in [5.41, 5.74) is 4.04. The van der Waals surface area contributed by atoms with E-state index in [1.807, 2.05) is 43.3 Å². The van der Waals surface area contributed by atoms with E-state index in [-0.39, 0.29) is 5.91 Å². The number of carbonyl (C=O) groups is 1. The summed E-state index contributed by atoms with van der Waals surface area (Å²) >= 11 is 0. The topological polar surface area (TPSA) is 129 Å². The number of ether oxygens (including phenoxy) is 1. The fraction of sp³-hybridized carbons (Fsp3) is 0.424. The van der Waals surface area contributed by atoms with Crippen LogP contribution in [0.5, 0.6) is 0 Å². The number of aromatic nitrogens is 5. The molecule has 4 aromatic rings. The highest BCUT2D eigenvalue weighted by molar-refractivity contribution is 6.05. The summed E-state index contributed by atoms with van der Waals surface area (Å²) in [6, 6.07) is 12.7. The first-order valence-corrected chi connectivity index (χ1v) is 16.1. The number of nitrogens with zero attached hydrogens (tertiary/aromatic N) is 8. The molecule has 2 saturated heterocycles. The third kappa shape index (κ3) is 8.20. The van der Waals surface area contributed by atoms with Crippen molar-refractivity contribution in [1.29, 1.82) is 0 Å². The summed E-state index contributed by atoms with van der Waals surface area (Å²) in [6.45, 7) is 13.1. The zero-order chi connectivity index (χ0) is 32.6. The Balaban J connectivity index is 1.13. The Hall–Kier alpha value is -4.66. The molecule has 2 aromatic carbocycles. The molecule has 3 N–H and O–H groups in total. The van der Waals surface area contributed by atoms with Crippen molar-refractivity contribution in [3.05, 3.63) is 71.8 Å². The van der Waals surface area contributed by atoms with Gasteiger partial charge in [-0.25, -0.2) is 14.4 Å². The molecule has 0 atom stereocenters. The second-order valence-corrected chi connectivity index (χ2v) is 11.7. The highest BCUT2D eigenvalue weighted by Gasteiger charge is 2.19. The van der Waals surface area contributed by atoms with Gasteiger partial charge in [0.2, 0.25) is 5.95 Å². The molecule has 0 saturated carbocycles. The van der Waals surface area contributed by atoms with Crippen LogP contribution in [0, 0.1) is 6.92 Å². The van der Waals surface area contributed by atoms with Crippen LogP contribution in [0.1, 0.15) is 28.4 Å². The van der Waals surface area contributed by atoms with Crippen molar-refractivity contribution in [1.82, 2.24) is 34.5 Å². The minimum atomic E-state index is -0.638. The number of hydrogen-bond acceptors (Lipinski definition) is 11. The number of benzene rings is 2. The molecule has 0 spiro atoms. The van der Waals surface area contributed by atoms with E-state index in [0.717, 1.165) is 89.1 Å². The van der Waals surface area contributed by atoms with E-state index < -0.39 is 6.67 Å². The molecular weight excluding hydrogens is 601 g/mol. The van der Waals surface area contributed by atoms with Gasteiger partial charge in [-0.1, -0.05) is 13.0 Å². The average molecular weight is 644 g/mol. The smallest absolute Gasteiger partial charge is 0.255 e. The van der Waals surface area contributed by atoms with Gasteiger partial charge in [0.1, 0.15) is 25.1 Å². The van der Waals surface area contributed by atoms with E-state index in [0.29, 0.717) is 34.4 Å². The van der Waals surface area contributed by atoms with E-state index in [4.69, 9.17) is 4.74 Å². The van der Waals surface area contributed by atoms with Crippen molar-refractivity contribution in [2.45, 2.75) is 20.5 Å². The normalized spacial score (nSPS) is 15.9. The van der Waals surface area contributed by atoms with Crippen molar-refractivity contribution in [2.75, 3.05) is 93.0 Å². The van der Waals surface area contributed by atoms with Crippen LogP contribution < -0.4 is 20.9 Å². The fourth-order valence-corrected chi connectivity index (χ4v) is 5.77. The molecule has 4 heterocycles. The second-order valence-electron chi connectivity index (χ2n) is 11.7. The molecule has 0 aliphatic carbocycles. The molecule has 6 rings (SSSR count). The number of carbonyl (C=O) groups excluding carboxylic acids is 1. The molecule has 14 heteroatoms. The van der Waals surface area contributed by atoms with Crippen LogP contribution >= 0.6 is 0 Å². The van der Waals surface area contributed by atoms with Crippen LogP contribution in [0.25, 0.3) is 5.82 Å². The number of rotatable bonds is 12. The molecule has 2 aromatic heterocycles. The monoisotopic (exact) mass is 643 g/mol. The number of nitrogens with one attached hydrogen (secondary N) is 3. The standard InChI is InChI=1S/C33H42FN11O2/c1-3-42-8-10-44(11-9-42)28-17-25(21-34)16-26(18-28)32(46)40-27-5-4-24(2)29(19-27)41-33-38-23-39-45(33)31-20-30(36-22-37-31)35-6-7-43-12-14-47-15-13-43/h4-5,16-20,22-23H,3,6-15,21H2,1-2H3,(H,40,46)(H,35,36,37)(H,38,39,41). The summed E-state index contributed by atoms with van der Waals surface area (Å²) in [5, 5.41) is 14.1. The van der Waals surface area contributed by atoms with E-state index in [9.17, 15) is 9.18 Å². The minimum absolute atomic E-state index is 0.304. The third-order valence-electron chi connectivity index (χ3n) is 8.58. The Labute approximate surface area is 274 Å². The van der Waals surface area contributed by atoms with E-state index in [2.05, 4.69) is 57.6 Å². The van der Waals surface area contributed by atoms with Gasteiger partial charge in [-0.2, -0.15) is 14.8 Å². The van der Waals surface area contributed by atoms with Gasteiger partial charge in [-0.05, 0) is 54.9 Å². The lowest BCUT2D eigenvalue weighted by molar-refractivity contribution is 0.0398. The third-order valence-corrected chi connectivity index (χ3v) is 8.58. The van der Waals surface area contributed by atoms with Gasteiger partial charge in [0.05, 0.1) is 13.2 Å². The van der Waals surface area contributed by atoms with E-state index >= 15 is 0 Å². The van der Waals surface area contributed by atoms with Crippen LogP contribution in [0.15, 0.2) is 55.1 Å². The first kappa shape index (κ1) is 32.3. The first-order chi connectivity index (χ1) is 23.0. The molecule has 2 aliphatic rings. The Morgan fingerprint density at radius 2 is 1.77 bits per heavy atom. The lowest BCUT2D eigenvalue weighted by Crippen LogP contribution is -2.46. The maximum Gasteiger partial charge on any atom is 0.255 e. The molecular formula is C33H42FN11O2. The number of alkyl halides is 1. The lowest BCUT2D eigenvalue weighted by atomic mass is 10.1. The number of anilines is 5. The molecule has 2 aliphatic heterocycles. The Morgan fingerprint density at radius 3 is 2.55 bits per heavy atom. The quantitative estimate of drug-likeness (QED) is 0.209. The Bertz CT molecular complexity index is 1650. The van der Waals surface area contributed by atoms with Crippen molar-refractivity contribution >= 4 is 34.7 Å². The minimum Gasteiger partial charge on any atom is -0.379 e. The maximum atomic E-state index is 13.8. The van der Waals surface area contributed by atoms with Gasteiger partial charge in [0, 0.05) is 81.1 Å². The van der Waals surface area contributed by atoms with Crippen LogP contribution in [-0.4, -0.2) is 113 Å². The summed E-state index contributed by atoms with van der Waals surface area (Å²) in [6.07, 6.45) is 2.95. The Morgan fingerprint density at radius 1 is 0.936 bits per heavy atom. The molecule has 0 unspecified atom stereocenters. The zero-order valence-corrected chi connectivity index (χ0v) is 27.0. The van der Waals surface area contributed by atoms with Gasteiger partial charge in [0.25, 0.3) is 5.91 Å². The van der Waals surface area contributed by atoms with Crippen LogP contribution in [0.2, 0.25) is 0 Å². The average Bonchev–Trinajstić information content (AvgIpc) is 3.58. The van der Waals surface area contributed by atoms with Gasteiger partial charge >= 0.3 is 0 Å². The molecule has 248 valence electrons. The number of likely N-dealkylation sites (N-methyl/N-ethyl adjacent to an activating group) is 1. The van der Waals surface area contributed by atoms with E-state index in [1.165, 1.54) is 12.7 Å². The molecule has 47 heavy (non-hydrogen) atoms. The zero-order valence-electron chi connectivity index (χ0n) is 27.0. The van der Waals surface area contributed by atoms with Crippen LogP contribution in [0.4, 0.5) is 33.2 Å². The van der Waals surface area contributed by atoms with Crippen molar-refractivity contribution in [3.8, 4) is 5.82 Å². The highest BCUT2D eigenvalue weighted by Crippen LogP contribution is 2.26. The molecule has 0 bridgehead atoms. The van der Waals surface area contributed by atoms with Crippen molar-refractivity contribution in [2.24, 2.45) is 0 Å². The second kappa shape index (κ2) is 15.3. The summed E-state index contributed by atoms with van der Waals surface area (Å²) in [7, 11) is 0. The van der Waals surface area contributed by atoms with Gasteiger partial charge in [-0.15, -0.1) is 0 Å². The number of amides is 1. The largest absolute Gasteiger partial charge is 0.379 e. The van der Waals surface area contributed by atoms with Crippen molar-refractivity contribution in [3.63, 3.8) is 0 Å². The molecule has 1 amide bonds. The number of aryl methyl sites for hydroxylation is 1. The van der Waals surface area contributed by atoms with Gasteiger partial charge < -0.3 is 30.5 Å². The number of hydrogen-bond donors (Lipinski definition) is 3. The number of halogens is 1. The van der Waals surface area contributed by atoms with Crippen molar-refractivity contribution < 1.29 is 13.9 Å². The predicted octanol–water partition coefficient (Wildman–Crippen LogP) is 3.72. The number of piperazine rings is 1. The molecule has 2 fully saturated rings. The fourth-order valence-electron chi connectivity index (χ4n) is 5.77. The predicted molar refractivity (Wildman–Crippen MR) is 181 cm³/mol. The maximum absolute atomic E-state index is 13.8. The van der Waals surface area contributed by atoms with E-state index in [1.54, 1.807) is 10.7 Å². The van der Waals surface area contributed by atoms with Crippen LogP contribution in [-0.2, 0) is 11.4 Å². The SMILES string of the molecule is CCN1CCN(c2cc(CF)cc(C(=O)Nc3ccc(C)c(Nc4ncnn4-c4cc(NCCN5CCOCC5)ncn4)c3)c2)CC1. The molecule has 0 radical (unpaired) electrons. The van der Waals surface area contributed by atoms with Crippen LogP contribution in [0.3, 0.4) is 0 Å². The first-order valence-electron chi connectivity index (χ1n) is 16.1.